The summed E-state index contributed by atoms with van der Waals surface area (Å²) >= 11 is 6.58. The van der Waals surface area contributed by atoms with E-state index < -0.39 is 0 Å². The van der Waals surface area contributed by atoms with Crippen LogP contribution in [0.1, 0.15) is 30.1 Å². The molecule has 172 valence electrons. The first-order chi connectivity index (χ1) is 16.0. The molecule has 6 nitrogen and oxygen atoms in total. The Bertz CT molecular complexity index is 1170. The lowest BCUT2D eigenvalue weighted by atomic mass is 10.1. The zero-order valence-electron chi connectivity index (χ0n) is 18.9. The summed E-state index contributed by atoms with van der Waals surface area (Å²) in [7, 11) is 1.56. The Morgan fingerprint density at radius 1 is 1.00 bits per heavy atom. The van der Waals surface area contributed by atoms with E-state index in [0.717, 1.165) is 36.0 Å². The molecule has 1 saturated heterocycles. The summed E-state index contributed by atoms with van der Waals surface area (Å²) in [6, 6.07) is 17.1. The van der Waals surface area contributed by atoms with Crippen molar-refractivity contribution in [2.45, 2.75) is 19.8 Å². The third-order valence-corrected chi connectivity index (χ3v) is 6.26. The van der Waals surface area contributed by atoms with E-state index in [4.69, 9.17) is 16.3 Å². The Hall–Kier alpha value is -3.25. The predicted octanol–water partition coefficient (Wildman–Crippen LogP) is 5.20. The topological polar surface area (TPSA) is 61.9 Å². The summed E-state index contributed by atoms with van der Waals surface area (Å²) in [5.41, 5.74) is 1.98. The largest absolute Gasteiger partial charge is 0.496 e. The number of hydrogen-bond donors (Lipinski definition) is 1. The van der Waals surface area contributed by atoms with Gasteiger partial charge >= 0.3 is 0 Å². The fourth-order valence-electron chi connectivity index (χ4n) is 4.17. The van der Waals surface area contributed by atoms with Crippen molar-refractivity contribution >= 4 is 45.6 Å². The Kier molecular flexibility index (Phi) is 7.04. The zero-order chi connectivity index (χ0) is 23.4. The Morgan fingerprint density at radius 3 is 2.33 bits per heavy atom. The zero-order valence-corrected chi connectivity index (χ0v) is 19.7. The number of ether oxygens (including phenoxy) is 1. The molecule has 0 aliphatic carbocycles. The molecular formula is C26H28ClN3O3. The van der Waals surface area contributed by atoms with Crippen molar-refractivity contribution in [3.63, 3.8) is 0 Å². The summed E-state index contributed by atoms with van der Waals surface area (Å²) in [4.78, 5) is 29.2. The molecule has 33 heavy (non-hydrogen) atoms. The fraction of sp³-hybridized carbons (Fsp3) is 0.308. The van der Waals surface area contributed by atoms with Gasteiger partial charge in [0.2, 0.25) is 5.91 Å². The lowest BCUT2D eigenvalue weighted by molar-refractivity contribution is -0.131. The van der Waals surface area contributed by atoms with Crippen LogP contribution in [0, 0.1) is 0 Å². The van der Waals surface area contributed by atoms with E-state index in [2.05, 4.69) is 10.2 Å². The second-order valence-corrected chi connectivity index (χ2v) is 8.54. The van der Waals surface area contributed by atoms with Crippen LogP contribution in [-0.4, -0.2) is 50.0 Å². The average molecular weight is 466 g/mol. The van der Waals surface area contributed by atoms with Gasteiger partial charge < -0.3 is 19.9 Å². The average Bonchev–Trinajstić information content (AvgIpc) is 2.83. The Labute approximate surface area is 199 Å². The van der Waals surface area contributed by atoms with Gasteiger partial charge in [-0.3, -0.25) is 9.59 Å². The first-order valence-electron chi connectivity index (χ1n) is 11.2. The van der Waals surface area contributed by atoms with Gasteiger partial charge in [-0.25, -0.2) is 0 Å². The highest BCUT2D eigenvalue weighted by Gasteiger charge is 2.22. The summed E-state index contributed by atoms with van der Waals surface area (Å²) in [5, 5.41) is 5.47. The minimum absolute atomic E-state index is 0.213. The molecule has 1 aliphatic rings. The Balaban J connectivity index is 1.46. The molecule has 2 amide bonds. The quantitative estimate of drug-likeness (QED) is 0.543. The number of fused-ring (bicyclic) bond motifs is 1. The van der Waals surface area contributed by atoms with Crippen molar-refractivity contribution in [3.05, 3.63) is 65.2 Å². The molecule has 0 atom stereocenters. The second kappa shape index (κ2) is 10.1. The third-order valence-electron chi connectivity index (χ3n) is 5.95. The normalized spacial score (nSPS) is 13.8. The van der Waals surface area contributed by atoms with Crippen LogP contribution in [0.5, 0.6) is 5.75 Å². The SMILES string of the molecule is CCCC(=O)N1CCN(c2ccc(NC(=O)c3cc4ccccc4cc3OC)cc2Cl)CC1. The molecule has 0 spiro atoms. The molecule has 1 heterocycles. The van der Waals surface area contributed by atoms with Gasteiger partial charge in [-0.05, 0) is 47.5 Å². The van der Waals surface area contributed by atoms with Crippen molar-refractivity contribution in [3.8, 4) is 5.75 Å². The number of halogens is 1. The number of amides is 2. The van der Waals surface area contributed by atoms with Crippen molar-refractivity contribution < 1.29 is 14.3 Å². The van der Waals surface area contributed by atoms with Crippen LogP contribution < -0.4 is 15.0 Å². The van der Waals surface area contributed by atoms with Crippen molar-refractivity contribution in [2.24, 2.45) is 0 Å². The molecule has 1 aliphatic heterocycles. The number of nitrogens with zero attached hydrogens (tertiary/aromatic N) is 2. The molecule has 0 bridgehead atoms. The van der Waals surface area contributed by atoms with E-state index in [1.165, 1.54) is 0 Å². The summed E-state index contributed by atoms with van der Waals surface area (Å²) in [6.45, 7) is 4.86. The van der Waals surface area contributed by atoms with E-state index >= 15 is 0 Å². The van der Waals surface area contributed by atoms with Gasteiger partial charge in [0, 0.05) is 38.3 Å². The molecule has 7 heteroatoms. The molecule has 4 rings (SSSR count). The number of nitrogens with one attached hydrogen (secondary N) is 1. The summed E-state index contributed by atoms with van der Waals surface area (Å²) < 4.78 is 5.45. The van der Waals surface area contributed by atoms with Gasteiger partial charge in [-0.1, -0.05) is 42.8 Å². The number of carbonyl (C=O) groups excluding carboxylic acids is 2. The number of benzene rings is 3. The third kappa shape index (κ3) is 5.06. The minimum Gasteiger partial charge on any atom is -0.496 e. The maximum Gasteiger partial charge on any atom is 0.259 e. The lowest BCUT2D eigenvalue weighted by Crippen LogP contribution is -2.48. The van der Waals surface area contributed by atoms with E-state index in [1.54, 1.807) is 13.2 Å². The van der Waals surface area contributed by atoms with Crippen LogP contribution in [0.3, 0.4) is 0 Å². The number of hydrogen-bond acceptors (Lipinski definition) is 4. The van der Waals surface area contributed by atoms with Crippen LogP contribution in [0.2, 0.25) is 5.02 Å². The maximum atomic E-state index is 13.0. The number of carbonyl (C=O) groups is 2. The van der Waals surface area contributed by atoms with Gasteiger partial charge in [0.1, 0.15) is 5.75 Å². The van der Waals surface area contributed by atoms with E-state index in [9.17, 15) is 9.59 Å². The van der Waals surface area contributed by atoms with Crippen LogP contribution in [-0.2, 0) is 4.79 Å². The second-order valence-electron chi connectivity index (χ2n) is 8.14. The molecular weight excluding hydrogens is 438 g/mol. The lowest BCUT2D eigenvalue weighted by Gasteiger charge is -2.36. The molecule has 3 aromatic carbocycles. The van der Waals surface area contributed by atoms with Crippen LogP contribution in [0.4, 0.5) is 11.4 Å². The maximum absolute atomic E-state index is 13.0. The number of piperazine rings is 1. The van der Waals surface area contributed by atoms with E-state index in [1.807, 2.05) is 60.4 Å². The van der Waals surface area contributed by atoms with Gasteiger partial charge in [0.25, 0.3) is 5.91 Å². The number of methoxy groups -OCH3 is 1. The molecule has 3 aromatic rings. The molecule has 0 saturated carbocycles. The predicted molar refractivity (Wildman–Crippen MR) is 134 cm³/mol. The van der Waals surface area contributed by atoms with Crippen molar-refractivity contribution in [1.82, 2.24) is 4.90 Å². The molecule has 1 N–H and O–H groups in total. The fourth-order valence-corrected chi connectivity index (χ4v) is 4.47. The van der Waals surface area contributed by atoms with Gasteiger partial charge in [-0.15, -0.1) is 0 Å². The first-order valence-corrected chi connectivity index (χ1v) is 11.6. The number of anilines is 2. The summed E-state index contributed by atoms with van der Waals surface area (Å²) in [6.07, 6.45) is 1.46. The molecule has 1 fully saturated rings. The van der Waals surface area contributed by atoms with Crippen molar-refractivity contribution in [1.29, 1.82) is 0 Å². The highest BCUT2D eigenvalue weighted by atomic mass is 35.5. The van der Waals surface area contributed by atoms with Gasteiger partial charge in [0.15, 0.2) is 0 Å². The first kappa shape index (κ1) is 22.9. The van der Waals surface area contributed by atoms with Gasteiger partial charge in [0.05, 0.1) is 23.4 Å². The molecule has 0 unspecified atom stereocenters. The minimum atomic E-state index is -0.260. The van der Waals surface area contributed by atoms with Crippen LogP contribution in [0.25, 0.3) is 10.8 Å². The van der Waals surface area contributed by atoms with Crippen molar-refractivity contribution in [2.75, 3.05) is 43.5 Å². The highest BCUT2D eigenvalue weighted by molar-refractivity contribution is 6.33. The smallest absolute Gasteiger partial charge is 0.259 e. The Morgan fingerprint density at radius 2 is 1.70 bits per heavy atom. The highest BCUT2D eigenvalue weighted by Crippen LogP contribution is 2.31. The van der Waals surface area contributed by atoms with Gasteiger partial charge in [-0.2, -0.15) is 0 Å². The monoisotopic (exact) mass is 465 g/mol. The van der Waals surface area contributed by atoms with Crippen LogP contribution in [0.15, 0.2) is 54.6 Å². The van der Waals surface area contributed by atoms with Crippen LogP contribution >= 0.6 is 11.6 Å². The molecule has 0 aromatic heterocycles. The molecule has 0 radical (unpaired) electrons. The summed E-state index contributed by atoms with van der Waals surface area (Å²) in [5.74, 6) is 0.472. The van der Waals surface area contributed by atoms with E-state index in [0.29, 0.717) is 41.5 Å². The van der Waals surface area contributed by atoms with E-state index in [-0.39, 0.29) is 11.8 Å². The standard InChI is InChI=1S/C26H28ClN3O3/c1-3-6-25(31)30-13-11-29(12-14-30)23-10-9-20(17-22(23)27)28-26(32)21-15-18-7-4-5-8-19(18)16-24(21)33-2/h4-5,7-10,15-17H,3,6,11-14H2,1-2H3,(H,28,32). The number of rotatable bonds is 6.